The highest BCUT2D eigenvalue weighted by Crippen LogP contribution is 2.23. The van der Waals surface area contributed by atoms with Gasteiger partial charge in [-0.2, -0.15) is 0 Å². The molecule has 5 heteroatoms. The van der Waals surface area contributed by atoms with Crippen LogP contribution in [-0.2, 0) is 9.59 Å². The summed E-state index contributed by atoms with van der Waals surface area (Å²) in [6.45, 7) is 0. The molecule has 2 N–H and O–H groups in total. The molecule has 0 bridgehead atoms. The van der Waals surface area contributed by atoms with Gasteiger partial charge in [-0.05, 0) is 39.5 Å². The Morgan fingerprint density at radius 2 is 1.26 bits per heavy atom. The van der Waals surface area contributed by atoms with Crippen LogP contribution in [0.1, 0.15) is 0 Å². The number of carbonyl (C=O) groups is 2. The number of carbonyl (C=O) groups excluding carboxylic acids is 2. The third-order valence-corrected chi connectivity index (χ3v) is 4.06. The summed E-state index contributed by atoms with van der Waals surface area (Å²) >= 11 is 3.33. The van der Waals surface area contributed by atoms with Crippen LogP contribution in [-0.4, -0.2) is 11.8 Å². The second-order valence-corrected chi connectivity index (χ2v) is 5.77. The lowest BCUT2D eigenvalue weighted by atomic mass is 10.1. The fraction of sp³-hybridized carbons (Fsp3) is 0. The minimum Gasteiger partial charge on any atom is -0.317 e. The molecular formula is C18H13BrN2O2. The van der Waals surface area contributed by atoms with E-state index in [1.165, 1.54) is 0 Å². The average molecular weight is 369 g/mol. The minimum absolute atomic E-state index is 0.547. The van der Waals surface area contributed by atoms with Crippen molar-refractivity contribution in [1.82, 2.24) is 0 Å². The van der Waals surface area contributed by atoms with Crippen LogP contribution in [0.5, 0.6) is 0 Å². The summed E-state index contributed by atoms with van der Waals surface area (Å²) in [5.41, 5.74) is 1.15. The molecule has 0 aliphatic rings. The molecule has 3 aromatic rings. The van der Waals surface area contributed by atoms with Gasteiger partial charge in [0.2, 0.25) is 0 Å². The van der Waals surface area contributed by atoms with Crippen LogP contribution < -0.4 is 10.6 Å². The SMILES string of the molecule is O=C(Nc1ccccc1Br)C(=O)Nc1cccc2ccccc12. The smallest absolute Gasteiger partial charge is 0.314 e. The van der Waals surface area contributed by atoms with Gasteiger partial charge in [0.25, 0.3) is 0 Å². The summed E-state index contributed by atoms with van der Waals surface area (Å²) < 4.78 is 0.714. The standard InChI is InChI=1S/C18H13BrN2O2/c19-14-9-3-4-10-16(14)21-18(23)17(22)20-15-11-5-7-12-6-1-2-8-13(12)15/h1-11H,(H,20,22)(H,21,23). The van der Waals surface area contributed by atoms with Gasteiger partial charge in [0.05, 0.1) is 5.69 Å². The van der Waals surface area contributed by atoms with Gasteiger partial charge in [0.15, 0.2) is 0 Å². The fourth-order valence-electron chi connectivity index (χ4n) is 2.26. The third kappa shape index (κ3) is 3.40. The van der Waals surface area contributed by atoms with Gasteiger partial charge in [-0.1, -0.05) is 48.5 Å². The molecular weight excluding hydrogens is 356 g/mol. The first-order valence-corrected chi connectivity index (χ1v) is 7.79. The topological polar surface area (TPSA) is 58.2 Å². The highest BCUT2D eigenvalue weighted by molar-refractivity contribution is 9.10. The zero-order valence-corrected chi connectivity index (χ0v) is 13.6. The number of halogens is 1. The van der Waals surface area contributed by atoms with E-state index in [1.54, 1.807) is 24.3 Å². The molecule has 0 unspecified atom stereocenters. The van der Waals surface area contributed by atoms with Crippen molar-refractivity contribution in [1.29, 1.82) is 0 Å². The number of para-hydroxylation sites is 1. The largest absolute Gasteiger partial charge is 0.317 e. The van der Waals surface area contributed by atoms with E-state index in [-0.39, 0.29) is 0 Å². The molecule has 0 saturated heterocycles. The highest BCUT2D eigenvalue weighted by atomic mass is 79.9. The van der Waals surface area contributed by atoms with Gasteiger partial charge in [-0.3, -0.25) is 9.59 Å². The quantitative estimate of drug-likeness (QED) is 0.666. The molecule has 0 heterocycles. The molecule has 2 amide bonds. The maximum atomic E-state index is 12.1. The van der Waals surface area contributed by atoms with Gasteiger partial charge in [-0.25, -0.2) is 0 Å². The van der Waals surface area contributed by atoms with Crippen LogP contribution in [0.25, 0.3) is 10.8 Å². The predicted octanol–water partition coefficient (Wildman–Crippen LogP) is 4.18. The van der Waals surface area contributed by atoms with E-state index in [1.807, 2.05) is 42.5 Å². The average Bonchev–Trinajstić information content (AvgIpc) is 2.57. The number of fused-ring (bicyclic) bond motifs is 1. The Kier molecular flexibility index (Phi) is 4.39. The molecule has 0 radical (unpaired) electrons. The summed E-state index contributed by atoms with van der Waals surface area (Å²) in [7, 11) is 0. The summed E-state index contributed by atoms with van der Waals surface area (Å²) in [4.78, 5) is 24.2. The Hall–Kier alpha value is -2.66. The van der Waals surface area contributed by atoms with Gasteiger partial charge >= 0.3 is 11.8 Å². The van der Waals surface area contributed by atoms with E-state index in [4.69, 9.17) is 0 Å². The first-order valence-electron chi connectivity index (χ1n) is 7.00. The maximum absolute atomic E-state index is 12.1. The Bertz CT molecular complexity index is 888. The van der Waals surface area contributed by atoms with E-state index < -0.39 is 11.8 Å². The van der Waals surface area contributed by atoms with Crippen LogP contribution >= 0.6 is 15.9 Å². The van der Waals surface area contributed by atoms with Gasteiger partial charge in [0, 0.05) is 15.5 Å². The molecule has 0 aliphatic carbocycles. The maximum Gasteiger partial charge on any atom is 0.314 e. The van der Waals surface area contributed by atoms with Crippen molar-refractivity contribution in [3.63, 3.8) is 0 Å². The van der Waals surface area contributed by atoms with Crippen molar-refractivity contribution in [3.8, 4) is 0 Å². The van der Waals surface area contributed by atoms with Crippen molar-refractivity contribution in [2.45, 2.75) is 0 Å². The minimum atomic E-state index is -0.718. The van der Waals surface area contributed by atoms with Gasteiger partial charge in [0.1, 0.15) is 0 Å². The first kappa shape index (κ1) is 15.2. The molecule has 0 spiro atoms. The van der Waals surface area contributed by atoms with E-state index in [0.717, 1.165) is 10.8 Å². The summed E-state index contributed by atoms with van der Waals surface area (Å²) in [6, 6.07) is 20.3. The molecule has 0 saturated carbocycles. The highest BCUT2D eigenvalue weighted by Gasteiger charge is 2.16. The molecule has 0 atom stereocenters. The monoisotopic (exact) mass is 368 g/mol. The van der Waals surface area contributed by atoms with Crippen LogP contribution in [0.3, 0.4) is 0 Å². The summed E-state index contributed by atoms with van der Waals surface area (Å²) in [5.74, 6) is -1.43. The lowest BCUT2D eigenvalue weighted by molar-refractivity contribution is -0.132. The van der Waals surface area contributed by atoms with E-state index in [2.05, 4.69) is 26.6 Å². The van der Waals surface area contributed by atoms with Crippen LogP contribution in [0, 0.1) is 0 Å². The lowest BCUT2D eigenvalue weighted by Gasteiger charge is -2.10. The Labute approximate surface area is 141 Å². The second-order valence-electron chi connectivity index (χ2n) is 4.91. The molecule has 4 nitrogen and oxygen atoms in total. The summed E-state index contributed by atoms with van der Waals surface area (Å²) in [5, 5.41) is 7.12. The third-order valence-electron chi connectivity index (χ3n) is 3.37. The van der Waals surface area contributed by atoms with E-state index >= 15 is 0 Å². The van der Waals surface area contributed by atoms with Crippen LogP contribution in [0.2, 0.25) is 0 Å². The van der Waals surface area contributed by atoms with Gasteiger partial charge < -0.3 is 10.6 Å². The molecule has 0 aliphatic heterocycles. The van der Waals surface area contributed by atoms with Crippen LogP contribution in [0.15, 0.2) is 71.2 Å². The number of hydrogen-bond acceptors (Lipinski definition) is 2. The van der Waals surface area contributed by atoms with E-state index in [0.29, 0.717) is 15.8 Å². The molecule has 23 heavy (non-hydrogen) atoms. The number of amides is 2. The Morgan fingerprint density at radius 3 is 2.04 bits per heavy atom. The van der Waals surface area contributed by atoms with Gasteiger partial charge in [-0.15, -0.1) is 0 Å². The molecule has 114 valence electrons. The van der Waals surface area contributed by atoms with Crippen LogP contribution in [0.4, 0.5) is 11.4 Å². The number of rotatable bonds is 2. The lowest BCUT2D eigenvalue weighted by Crippen LogP contribution is -2.29. The van der Waals surface area contributed by atoms with E-state index in [9.17, 15) is 9.59 Å². The fourth-order valence-corrected chi connectivity index (χ4v) is 2.64. The van der Waals surface area contributed by atoms with Crippen molar-refractivity contribution in [2.24, 2.45) is 0 Å². The number of nitrogens with one attached hydrogen (secondary N) is 2. The van der Waals surface area contributed by atoms with Crippen molar-refractivity contribution < 1.29 is 9.59 Å². The zero-order valence-electron chi connectivity index (χ0n) is 12.0. The number of hydrogen-bond donors (Lipinski definition) is 2. The Balaban J connectivity index is 1.78. The normalized spacial score (nSPS) is 10.3. The molecule has 0 aromatic heterocycles. The number of anilines is 2. The van der Waals surface area contributed by atoms with Crippen molar-refractivity contribution in [2.75, 3.05) is 10.6 Å². The molecule has 3 rings (SSSR count). The summed E-state index contributed by atoms with van der Waals surface area (Å²) in [6.07, 6.45) is 0. The molecule has 3 aromatic carbocycles. The first-order chi connectivity index (χ1) is 11.1. The molecule has 0 fully saturated rings. The second kappa shape index (κ2) is 6.62. The predicted molar refractivity (Wildman–Crippen MR) is 95.3 cm³/mol. The zero-order chi connectivity index (χ0) is 16.2. The number of benzene rings is 3. The van der Waals surface area contributed by atoms with Crippen molar-refractivity contribution in [3.05, 3.63) is 71.2 Å². The van der Waals surface area contributed by atoms with Crippen molar-refractivity contribution >= 4 is 49.9 Å². The Morgan fingerprint density at radius 1 is 0.696 bits per heavy atom.